The Morgan fingerprint density at radius 3 is 2.60 bits per heavy atom. The Morgan fingerprint density at radius 1 is 1.18 bits per heavy atom. The van der Waals surface area contributed by atoms with Gasteiger partial charge in [-0.1, -0.05) is 59.9 Å². The maximum Gasteiger partial charge on any atom is 0.338 e. The van der Waals surface area contributed by atoms with Crippen LogP contribution >= 0.6 is 27.3 Å². The van der Waals surface area contributed by atoms with Gasteiger partial charge >= 0.3 is 5.97 Å². The molecule has 2 heterocycles. The maximum atomic E-state index is 13.9. The van der Waals surface area contributed by atoms with Crippen molar-refractivity contribution in [3.05, 3.63) is 125 Å². The van der Waals surface area contributed by atoms with E-state index in [2.05, 4.69) is 15.9 Å². The summed E-state index contributed by atoms with van der Waals surface area (Å²) in [5.41, 5.74) is 2.18. The number of ether oxygens (including phenoxy) is 2. The van der Waals surface area contributed by atoms with Gasteiger partial charge in [-0.05, 0) is 64.3 Å². The second-order valence-electron chi connectivity index (χ2n) is 8.62. The van der Waals surface area contributed by atoms with E-state index in [1.165, 1.54) is 28.0 Å². The summed E-state index contributed by atoms with van der Waals surface area (Å²) < 4.78 is 27.2. The number of hydrogen-bond donors (Lipinski definition) is 0. The highest BCUT2D eigenvalue weighted by molar-refractivity contribution is 9.10. The largest absolute Gasteiger partial charge is 0.478 e. The third-order valence-corrected chi connectivity index (χ3v) is 7.71. The molecule has 0 saturated carbocycles. The van der Waals surface area contributed by atoms with E-state index in [1.807, 2.05) is 36.4 Å². The van der Waals surface area contributed by atoms with Crippen LogP contribution in [0.25, 0.3) is 11.8 Å². The summed E-state index contributed by atoms with van der Waals surface area (Å²) >= 11 is 4.63. The van der Waals surface area contributed by atoms with Crippen molar-refractivity contribution in [3.8, 4) is 11.8 Å². The van der Waals surface area contributed by atoms with E-state index in [0.29, 0.717) is 41.9 Å². The van der Waals surface area contributed by atoms with Crippen molar-refractivity contribution in [1.29, 1.82) is 5.26 Å². The molecule has 0 radical (unpaired) electrons. The summed E-state index contributed by atoms with van der Waals surface area (Å²) in [6.07, 6.45) is 1.72. The van der Waals surface area contributed by atoms with Crippen LogP contribution in [0.15, 0.2) is 92.6 Å². The Hall–Kier alpha value is -4.33. The number of esters is 1. The Kier molecular flexibility index (Phi) is 8.05. The molecule has 10 heteroatoms. The van der Waals surface area contributed by atoms with Crippen LogP contribution in [0.5, 0.6) is 5.75 Å². The molecule has 3 aromatic carbocycles. The molecule has 0 spiro atoms. The van der Waals surface area contributed by atoms with Gasteiger partial charge in [0.25, 0.3) is 5.56 Å². The Balaban J connectivity index is 1.75. The first-order valence-corrected chi connectivity index (χ1v) is 13.9. The monoisotopic (exact) mass is 617 g/mol. The number of halogens is 2. The lowest BCUT2D eigenvalue weighted by Gasteiger charge is -2.25. The predicted octanol–water partition coefficient (Wildman–Crippen LogP) is 4.74. The summed E-state index contributed by atoms with van der Waals surface area (Å²) in [6.45, 7) is 1.75. The minimum Gasteiger partial charge on any atom is -0.478 e. The van der Waals surface area contributed by atoms with E-state index < -0.39 is 17.8 Å². The van der Waals surface area contributed by atoms with Crippen LogP contribution in [0.1, 0.15) is 29.7 Å². The number of nitriles is 1. The number of nitrogens with zero attached hydrogens (tertiary/aromatic N) is 3. The molecule has 1 aliphatic heterocycles. The van der Waals surface area contributed by atoms with Gasteiger partial charge in [-0.3, -0.25) is 9.36 Å². The zero-order chi connectivity index (χ0) is 28.2. The lowest BCUT2D eigenvalue weighted by molar-refractivity contribution is -0.138. The van der Waals surface area contributed by atoms with Crippen molar-refractivity contribution < 1.29 is 18.7 Å². The van der Waals surface area contributed by atoms with Gasteiger partial charge < -0.3 is 9.47 Å². The highest BCUT2D eigenvalue weighted by Crippen LogP contribution is 2.35. The predicted molar refractivity (Wildman–Crippen MR) is 153 cm³/mol. The van der Waals surface area contributed by atoms with Gasteiger partial charge in [0.2, 0.25) is 0 Å². The average Bonchev–Trinajstić information content (AvgIpc) is 3.27. The van der Waals surface area contributed by atoms with E-state index in [1.54, 1.807) is 43.3 Å². The van der Waals surface area contributed by atoms with Crippen molar-refractivity contribution in [1.82, 2.24) is 4.57 Å². The summed E-state index contributed by atoms with van der Waals surface area (Å²) in [5, 5.41) is 8.78. The molecule has 4 aromatic rings. The van der Waals surface area contributed by atoms with Crippen LogP contribution in [0.4, 0.5) is 4.39 Å². The van der Waals surface area contributed by atoms with Gasteiger partial charge in [0, 0.05) is 5.56 Å². The number of carbonyl (C=O) groups excluding carboxylic acids is 1. The minimum absolute atomic E-state index is 0.0908. The van der Waals surface area contributed by atoms with Crippen LogP contribution in [0.3, 0.4) is 0 Å². The first kappa shape index (κ1) is 27.2. The van der Waals surface area contributed by atoms with Crippen LogP contribution < -0.4 is 19.6 Å². The second kappa shape index (κ2) is 11.8. The summed E-state index contributed by atoms with van der Waals surface area (Å²) in [6, 6.07) is 21.2. The molecule has 0 unspecified atom stereocenters. The average molecular weight is 618 g/mol. The third-order valence-electron chi connectivity index (χ3n) is 6.11. The number of thiazole rings is 1. The van der Waals surface area contributed by atoms with Crippen LogP contribution in [-0.4, -0.2) is 23.8 Å². The van der Waals surface area contributed by atoms with Crippen LogP contribution in [-0.2, 0) is 9.53 Å². The Labute approximate surface area is 240 Å². The lowest BCUT2D eigenvalue weighted by Crippen LogP contribution is -2.40. The molecule has 1 aromatic heterocycles. The molecule has 0 saturated heterocycles. The first-order valence-electron chi connectivity index (χ1n) is 12.2. The Bertz CT molecular complexity index is 1840. The van der Waals surface area contributed by atoms with E-state index >= 15 is 0 Å². The van der Waals surface area contributed by atoms with Gasteiger partial charge in [0.1, 0.15) is 17.6 Å². The van der Waals surface area contributed by atoms with Crippen LogP contribution in [0, 0.1) is 17.1 Å². The Morgan fingerprint density at radius 2 is 1.93 bits per heavy atom. The van der Waals surface area contributed by atoms with Crippen molar-refractivity contribution >= 4 is 45.0 Å². The van der Waals surface area contributed by atoms with Gasteiger partial charge in [-0.2, -0.15) is 5.26 Å². The summed E-state index contributed by atoms with van der Waals surface area (Å²) in [5.74, 6) is -0.539. The summed E-state index contributed by atoms with van der Waals surface area (Å²) in [7, 11) is 0. The fraction of sp³-hybridized carbons (Fsp3) is 0.133. The SMILES string of the molecule is CCOC(=O)C1=C(c2ccccc2)N=c2s/c(=C\c3ccc(OCC#N)c(Br)c3)c(=O)n2[C@H]1c1ccc(F)cc1. The zero-order valence-electron chi connectivity index (χ0n) is 21.1. The molecule has 1 atom stereocenters. The quantitative estimate of drug-likeness (QED) is 0.279. The molecule has 40 heavy (non-hydrogen) atoms. The minimum atomic E-state index is -0.887. The van der Waals surface area contributed by atoms with Crippen LogP contribution in [0.2, 0.25) is 0 Å². The third kappa shape index (κ3) is 5.39. The van der Waals surface area contributed by atoms with Gasteiger partial charge in [0.15, 0.2) is 11.4 Å². The summed E-state index contributed by atoms with van der Waals surface area (Å²) in [4.78, 5) is 32.5. The topological polar surface area (TPSA) is 93.7 Å². The highest BCUT2D eigenvalue weighted by Gasteiger charge is 2.35. The molecule has 0 N–H and O–H groups in total. The van der Waals surface area contributed by atoms with E-state index in [0.717, 1.165) is 0 Å². The molecule has 0 bridgehead atoms. The van der Waals surface area contributed by atoms with Crippen molar-refractivity contribution in [3.63, 3.8) is 0 Å². The lowest BCUT2D eigenvalue weighted by atomic mass is 9.93. The zero-order valence-corrected chi connectivity index (χ0v) is 23.5. The first-order chi connectivity index (χ1) is 19.4. The standard InChI is InChI=1S/C30H21BrFN3O4S/c1-2-38-29(37)25-26(19-6-4-3-5-7-19)34-30-35(27(25)20-9-11-21(32)12-10-20)28(36)24(40-30)17-18-8-13-23(22(31)16-18)39-15-14-33/h3-13,16-17,27H,2,15H2,1H3/b24-17-/t27-/m0/s1. The molecule has 7 nitrogen and oxygen atoms in total. The molecular weight excluding hydrogens is 597 g/mol. The molecule has 1 aliphatic rings. The van der Waals surface area contributed by atoms with E-state index in [9.17, 15) is 14.0 Å². The number of benzene rings is 3. The molecule has 0 amide bonds. The van der Waals surface area contributed by atoms with E-state index in [-0.39, 0.29) is 24.3 Å². The highest BCUT2D eigenvalue weighted by atomic mass is 79.9. The fourth-order valence-corrected chi connectivity index (χ4v) is 5.90. The number of aromatic nitrogens is 1. The van der Waals surface area contributed by atoms with Gasteiger partial charge in [0.05, 0.1) is 32.9 Å². The normalized spacial score (nSPS) is 14.8. The van der Waals surface area contributed by atoms with Crippen molar-refractivity contribution in [2.45, 2.75) is 13.0 Å². The van der Waals surface area contributed by atoms with Crippen molar-refractivity contribution in [2.24, 2.45) is 4.99 Å². The van der Waals surface area contributed by atoms with Crippen molar-refractivity contribution in [2.75, 3.05) is 13.2 Å². The smallest absolute Gasteiger partial charge is 0.338 e. The number of hydrogen-bond acceptors (Lipinski definition) is 7. The number of fused-ring (bicyclic) bond motifs is 1. The number of rotatable bonds is 7. The molecule has 5 rings (SSSR count). The van der Waals surface area contributed by atoms with Gasteiger partial charge in [-0.15, -0.1) is 0 Å². The second-order valence-corrected chi connectivity index (χ2v) is 10.5. The maximum absolute atomic E-state index is 13.9. The molecular formula is C30H21BrFN3O4S. The van der Waals surface area contributed by atoms with Gasteiger partial charge in [-0.25, -0.2) is 14.2 Å². The van der Waals surface area contributed by atoms with E-state index in [4.69, 9.17) is 19.7 Å². The number of carbonyl (C=O) groups is 1. The molecule has 0 aliphatic carbocycles. The fourth-order valence-electron chi connectivity index (χ4n) is 4.39. The molecule has 200 valence electrons. The molecule has 0 fully saturated rings.